The van der Waals surface area contributed by atoms with E-state index in [-0.39, 0.29) is 18.0 Å². The van der Waals surface area contributed by atoms with Crippen molar-refractivity contribution in [1.29, 1.82) is 0 Å². The highest BCUT2D eigenvalue weighted by Gasteiger charge is 2.28. The van der Waals surface area contributed by atoms with Gasteiger partial charge in [0, 0.05) is 41.7 Å². The van der Waals surface area contributed by atoms with E-state index in [2.05, 4.69) is 15.6 Å². The van der Waals surface area contributed by atoms with Crippen LogP contribution in [0.4, 0.5) is 16.2 Å². The van der Waals surface area contributed by atoms with Crippen LogP contribution in [-0.2, 0) is 11.2 Å². The number of anilines is 2. The Hall–Kier alpha value is -2.41. The van der Waals surface area contributed by atoms with Crippen LogP contribution < -0.4 is 15.5 Å². The largest absolute Gasteiger partial charge is 0.338 e. The van der Waals surface area contributed by atoms with Gasteiger partial charge in [-0.15, -0.1) is 11.3 Å². The first-order chi connectivity index (χ1) is 12.0. The molecule has 1 aliphatic rings. The molecule has 6 nitrogen and oxygen atoms in total. The zero-order valence-corrected chi connectivity index (χ0v) is 15.2. The molecule has 0 spiro atoms. The molecule has 1 atom stereocenters. The van der Waals surface area contributed by atoms with Gasteiger partial charge in [0.15, 0.2) is 0 Å². The van der Waals surface area contributed by atoms with Crippen LogP contribution in [0, 0.1) is 6.92 Å². The molecule has 2 aromatic rings. The lowest BCUT2D eigenvalue weighted by atomic mass is 10.2. The zero-order chi connectivity index (χ0) is 17.8. The standard InChI is InChI=1S/C18H22N4O2S/c1-12-6-7-17(23)22(12)15-5-3-4-14(10-15)21-18(24)19-9-8-16-13(2)20-11-25-16/h3-5,10-12H,6-9H2,1-2H3,(H2,19,21,24). The van der Waals surface area contributed by atoms with Gasteiger partial charge in [-0.2, -0.15) is 0 Å². The van der Waals surface area contributed by atoms with Crippen molar-refractivity contribution in [2.45, 2.75) is 39.2 Å². The fourth-order valence-corrected chi connectivity index (χ4v) is 3.77. The Kier molecular flexibility index (Phi) is 5.33. The van der Waals surface area contributed by atoms with Gasteiger partial charge in [-0.05, 0) is 38.5 Å². The highest BCUT2D eigenvalue weighted by atomic mass is 32.1. The van der Waals surface area contributed by atoms with Gasteiger partial charge in [0.05, 0.1) is 11.2 Å². The summed E-state index contributed by atoms with van der Waals surface area (Å²) in [5.74, 6) is 0.133. The van der Waals surface area contributed by atoms with E-state index in [9.17, 15) is 9.59 Å². The van der Waals surface area contributed by atoms with Gasteiger partial charge in [-0.3, -0.25) is 4.79 Å². The van der Waals surface area contributed by atoms with Crippen LogP contribution in [0.15, 0.2) is 29.8 Å². The molecule has 0 radical (unpaired) electrons. The lowest BCUT2D eigenvalue weighted by molar-refractivity contribution is -0.117. The highest BCUT2D eigenvalue weighted by molar-refractivity contribution is 7.09. The Morgan fingerprint density at radius 2 is 2.28 bits per heavy atom. The summed E-state index contributed by atoms with van der Waals surface area (Å²) in [5, 5.41) is 5.68. The summed E-state index contributed by atoms with van der Waals surface area (Å²) in [5.41, 5.74) is 4.34. The molecule has 1 unspecified atom stereocenters. The van der Waals surface area contributed by atoms with Crippen molar-refractivity contribution < 1.29 is 9.59 Å². The van der Waals surface area contributed by atoms with Gasteiger partial charge in [0.1, 0.15) is 0 Å². The molecule has 25 heavy (non-hydrogen) atoms. The molecule has 2 N–H and O–H groups in total. The van der Waals surface area contributed by atoms with Crippen LogP contribution in [0.3, 0.4) is 0 Å². The number of thiazole rings is 1. The molecule has 3 amide bonds. The number of hydrogen-bond donors (Lipinski definition) is 2. The summed E-state index contributed by atoms with van der Waals surface area (Å²) in [6.45, 7) is 4.56. The topological polar surface area (TPSA) is 74.3 Å². The lowest BCUT2D eigenvalue weighted by Crippen LogP contribution is -2.32. The normalized spacial score (nSPS) is 17.0. The van der Waals surface area contributed by atoms with Crippen molar-refractivity contribution in [2.75, 3.05) is 16.8 Å². The number of rotatable bonds is 5. The maximum Gasteiger partial charge on any atom is 0.319 e. The fourth-order valence-electron chi connectivity index (χ4n) is 2.99. The predicted molar refractivity (Wildman–Crippen MR) is 100 cm³/mol. The number of carbonyl (C=O) groups excluding carboxylic acids is 2. The predicted octanol–water partition coefficient (Wildman–Crippen LogP) is 3.33. The van der Waals surface area contributed by atoms with Gasteiger partial charge in [-0.1, -0.05) is 6.07 Å². The van der Waals surface area contributed by atoms with Crippen LogP contribution >= 0.6 is 11.3 Å². The van der Waals surface area contributed by atoms with E-state index in [0.29, 0.717) is 18.7 Å². The summed E-state index contributed by atoms with van der Waals surface area (Å²) in [6, 6.07) is 7.35. The molecule has 0 aliphatic carbocycles. The first kappa shape index (κ1) is 17.4. The lowest BCUT2D eigenvalue weighted by Gasteiger charge is -2.22. The molecule has 2 heterocycles. The molecule has 1 aliphatic heterocycles. The van der Waals surface area contributed by atoms with Crippen LogP contribution in [0.2, 0.25) is 0 Å². The second kappa shape index (κ2) is 7.65. The molecule has 7 heteroatoms. The molecule has 0 saturated carbocycles. The molecule has 0 bridgehead atoms. The first-order valence-electron chi connectivity index (χ1n) is 8.40. The maximum atomic E-state index is 12.1. The molecule has 132 valence electrons. The van der Waals surface area contributed by atoms with Gasteiger partial charge >= 0.3 is 6.03 Å². The number of nitrogens with zero attached hydrogens (tertiary/aromatic N) is 2. The summed E-state index contributed by atoms with van der Waals surface area (Å²) in [4.78, 5) is 31.3. The Labute approximate surface area is 151 Å². The molecule has 1 aromatic carbocycles. The number of urea groups is 1. The number of nitrogens with one attached hydrogen (secondary N) is 2. The summed E-state index contributed by atoms with van der Waals surface area (Å²) < 4.78 is 0. The van der Waals surface area contributed by atoms with Crippen molar-refractivity contribution in [2.24, 2.45) is 0 Å². The van der Waals surface area contributed by atoms with E-state index >= 15 is 0 Å². The summed E-state index contributed by atoms with van der Waals surface area (Å²) >= 11 is 1.60. The van der Waals surface area contributed by atoms with Crippen molar-refractivity contribution in [3.8, 4) is 0 Å². The monoisotopic (exact) mass is 358 g/mol. The van der Waals surface area contributed by atoms with Crippen LogP contribution in [0.5, 0.6) is 0 Å². The van der Waals surface area contributed by atoms with Crippen molar-refractivity contribution >= 4 is 34.6 Å². The van der Waals surface area contributed by atoms with E-state index in [1.54, 1.807) is 16.2 Å². The average molecular weight is 358 g/mol. The van der Waals surface area contributed by atoms with Gasteiger partial charge < -0.3 is 15.5 Å². The Balaban J connectivity index is 1.55. The number of aromatic nitrogens is 1. The second-order valence-corrected chi connectivity index (χ2v) is 7.13. The van der Waals surface area contributed by atoms with E-state index in [4.69, 9.17) is 0 Å². The average Bonchev–Trinajstić information content (AvgIpc) is 3.13. The quantitative estimate of drug-likeness (QED) is 0.861. The van der Waals surface area contributed by atoms with Gasteiger partial charge in [0.2, 0.25) is 5.91 Å². The molecule has 3 rings (SSSR count). The third-order valence-electron chi connectivity index (χ3n) is 4.35. The van der Waals surface area contributed by atoms with Crippen molar-refractivity contribution in [3.05, 3.63) is 40.3 Å². The Bertz CT molecular complexity index is 774. The first-order valence-corrected chi connectivity index (χ1v) is 9.28. The third-order valence-corrected chi connectivity index (χ3v) is 5.34. The highest BCUT2D eigenvalue weighted by Crippen LogP contribution is 2.28. The minimum atomic E-state index is -0.250. The van der Waals surface area contributed by atoms with Gasteiger partial charge in [0.25, 0.3) is 0 Å². The van der Waals surface area contributed by atoms with E-state index in [0.717, 1.165) is 24.2 Å². The fraction of sp³-hybridized carbons (Fsp3) is 0.389. The second-order valence-electron chi connectivity index (χ2n) is 6.19. The summed E-state index contributed by atoms with van der Waals surface area (Å²) in [7, 11) is 0. The molecular weight excluding hydrogens is 336 g/mol. The zero-order valence-electron chi connectivity index (χ0n) is 14.4. The van der Waals surface area contributed by atoms with E-state index < -0.39 is 0 Å². The number of benzene rings is 1. The molecule has 1 saturated heterocycles. The maximum absolute atomic E-state index is 12.1. The van der Waals surface area contributed by atoms with Gasteiger partial charge in [-0.25, -0.2) is 9.78 Å². The minimum absolute atomic E-state index is 0.133. The number of aryl methyl sites for hydroxylation is 1. The number of carbonyl (C=O) groups is 2. The van der Waals surface area contributed by atoms with Crippen LogP contribution in [0.25, 0.3) is 0 Å². The third kappa shape index (κ3) is 4.17. The number of amides is 3. The smallest absolute Gasteiger partial charge is 0.319 e. The van der Waals surface area contributed by atoms with E-state index in [1.165, 1.54) is 4.88 Å². The SMILES string of the molecule is Cc1ncsc1CCNC(=O)Nc1cccc(N2C(=O)CCC2C)c1. The Morgan fingerprint density at radius 3 is 2.96 bits per heavy atom. The Morgan fingerprint density at radius 1 is 1.44 bits per heavy atom. The van der Waals surface area contributed by atoms with Crippen LogP contribution in [0.1, 0.15) is 30.3 Å². The van der Waals surface area contributed by atoms with Crippen LogP contribution in [-0.4, -0.2) is 29.5 Å². The summed E-state index contributed by atoms with van der Waals surface area (Å²) in [6.07, 6.45) is 2.22. The minimum Gasteiger partial charge on any atom is -0.338 e. The molecular formula is C18H22N4O2S. The molecule has 1 fully saturated rings. The molecule has 1 aromatic heterocycles. The van der Waals surface area contributed by atoms with Crippen molar-refractivity contribution in [3.63, 3.8) is 0 Å². The van der Waals surface area contributed by atoms with Crippen molar-refractivity contribution in [1.82, 2.24) is 10.3 Å². The number of hydrogen-bond acceptors (Lipinski definition) is 4. The van der Waals surface area contributed by atoms with E-state index in [1.807, 2.05) is 43.6 Å².